The van der Waals surface area contributed by atoms with Crippen LogP contribution in [0.15, 0.2) is 57.8 Å². The fourth-order valence-corrected chi connectivity index (χ4v) is 3.53. The molecule has 0 fully saturated rings. The van der Waals surface area contributed by atoms with Crippen molar-refractivity contribution in [2.45, 2.75) is 31.4 Å². The Hall–Kier alpha value is -2.36. The molecule has 1 aromatic heterocycles. The Bertz CT molecular complexity index is 855. The first-order valence-corrected chi connectivity index (χ1v) is 9.18. The summed E-state index contributed by atoms with van der Waals surface area (Å²) in [5.74, 6) is -0.796. The highest BCUT2D eigenvalue weighted by atomic mass is 32.1. The Morgan fingerprint density at radius 2 is 1.50 bits per heavy atom. The molecule has 3 nitrogen and oxygen atoms in total. The predicted molar refractivity (Wildman–Crippen MR) is 95.7 cm³/mol. The van der Waals surface area contributed by atoms with Gasteiger partial charge < -0.3 is 4.90 Å². The van der Waals surface area contributed by atoms with Gasteiger partial charge in [0, 0.05) is 12.1 Å². The molecule has 0 bridgehead atoms. The lowest BCUT2D eigenvalue weighted by atomic mass is 10.1. The molecule has 0 aliphatic carbocycles. The van der Waals surface area contributed by atoms with Gasteiger partial charge in [-0.25, -0.2) is 9.98 Å². The van der Waals surface area contributed by atoms with Crippen LogP contribution in [0.5, 0.6) is 0 Å². The number of thiophene rings is 1. The quantitative estimate of drug-likeness (QED) is 0.603. The molecule has 3 rings (SSSR count). The van der Waals surface area contributed by atoms with Crippen molar-refractivity contribution in [3.63, 3.8) is 0 Å². The fraction of sp³-hybridized carbons (Fsp3) is 0.333. The first kappa shape index (κ1) is 20.4. The summed E-state index contributed by atoms with van der Waals surface area (Å²) in [6, 6.07) is 10.5. The summed E-state index contributed by atoms with van der Waals surface area (Å²) in [6.45, 7) is 1.93. The van der Waals surface area contributed by atoms with Gasteiger partial charge in [-0.15, -0.1) is 11.3 Å². The molecule has 0 saturated carbocycles. The van der Waals surface area contributed by atoms with Gasteiger partial charge in [0.05, 0.1) is 4.88 Å². The highest BCUT2D eigenvalue weighted by Gasteiger charge is 2.74. The van der Waals surface area contributed by atoms with Gasteiger partial charge in [0.15, 0.2) is 0 Å². The molecule has 0 saturated heterocycles. The van der Waals surface area contributed by atoms with E-state index < -0.39 is 23.9 Å². The third-order valence-corrected chi connectivity index (χ3v) is 4.92. The number of amidine groups is 2. The van der Waals surface area contributed by atoms with Crippen LogP contribution in [-0.4, -0.2) is 41.1 Å². The Morgan fingerprint density at radius 3 is 2.00 bits per heavy atom. The minimum Gasteiger partial charge on any atom is -0.310 e. The fourth-order valence-electron chi connectivity index (χ4n) is 2.80. The average molecular weight is 419 g/mol. The number of hydrogen-bond acceptors (Lipinski definition) is 4. The van der Waals surface area contributed by atoms with Gasteiger partial charge >= 0.3 is 18.0 Å². The Kier molecular flexibility index (Phi) is 5.26. The van der Waals surface area contributed by atoms with Crippen LogP contribution in [0.3, 0.4) is 0 Å². The van der Waals surface area contributed by atoms with Gasteiger partial charge in [0.2, 0.25) is 0 Å². The lowest BCUT2D eigenvalue weighted by molar-refractivity contribution is -0.292. The maximum atomic E-state index is 13.8. The van der Waals surface area contributed by atoms with E-state index in [4.69, 9.17) is 0 Å². The van der Waals surface area contributed by atoms with Gasteiger partial charge in [0.1, 0.15) is 11.7 Å². The van der Waals surface area contributed by atoms with E-state index in [1.54, 1.807) is 24.4 Å². The van der Waals surface area contributed by atoms with Crippen molar-refractivity contribution in [3.8, 4) is 0 Å². The molecule has 0 N–H and O–H groups in total. The van der Waals surface area contributed by atoms with Crippen LogP contribution in [0, 0.1) is 0 Å². The van der Waals surface area contributed by atoms with Crippen molar-refractivity contribution in [1.82, 2.24) is 4.90 Å². The predicted octanol–water partition coefficient (Wildman–Crippen LogP) is 5.49. The zero-order valence-corrected chi connectivity index (χ0v) is 15.4. The van der Waals surface area contributed by atoms with E-state index >= 15 is 0 Å². The lowest BCUT2D eigenvalue weighted by Gasteiger charge is -2.39. The summed E-state index contributed by atoms with van der Waals surface area (Å²) < 4.78 is 82.6. The van der Waals surface area contributed by atoms with Gasteiger partial charge in [0.25, 0.3) is 0 Å². The van der Waals surface area contributed by atoms with Crippen molar-refractivity contribution in [2.75, 3.05) is 6.54 Å². The van der Waals surface area contributed by atoms with Crippen LogP contribution < -0.4 is 0 Å². The number of aliphatic imine (C=N–C) groups is 2. The number of benzene rings is 1. The van der Waals surface area contributed by atoms with Crippen molar-refractivity contribution >= 4 is 23.0 Å². The largest absolute Gasteiger partial charge is 0.443 e. The molecule has 0 spiro atoms. The highest BCUT2D eigenvalue weighted by molar-refractivity contribution is 7.12. The van der Waals surface area contributed by atoms with E-state index in [1.165, 1.54) is 35.2 Å². The molecule has 28 heavy (non-hydrogen) atoms. The maximum absolute atomic E-state index is 13.8. The summed E-state index contributed by atoms with van der Waals surface area (Å²) in [6.07, 6.45) is -11.0. The molecule has 1 aromatic carbocycles. The van der Waals surface area contributed by atoms with Crippen LogP contribution in [0.1, 0.15) is 23.8 Å². The Balaban J connectivity index is 2.34. The van der Waals surface area contributed by atoms with Crippen molar-refractivity contribution in [1.29, 1.82) is 0 Å². The lowest BCUT2D eigenvalue weighted by Crippen LogP contribution is -2.59. The minimum atomic E-state index is -5.76. The molecule has 2 aromatic rings. The molecule has 1 aliphatic heterocycles. The van der Waals surface area contributed by atoms with Gasteiger partial charge in [-0.05, 0) is 17.9 Å². The van der Waals surface area contributed by atoms with Crippen LogP contribution >= 0.6 is 11.3 Å². The summed E-state index contributed by atoms with van der Waals surface area (Å²) in [5.41, 5.74) is -4.41. The molecular weight excluding hydrogens is 404 g/mol. The smallest absolute Gasteiger partial charge is 0.310 e. The van der Waals surface area contributed by atoms with Gasteiger partial charge in [-0.3, -0.25) is 0 Å². The third kappa shape index (κ3) is 3.41. The summed E-state index contributed by atoms with van der Waals surface area (Å²) in [5, 5.41) is 1.57. The zero-order valence-electron chi connectivity index (χ0n) is 14.6. The number of hydrogen-bond donors (Lipinski definition) is 0. The van der Waals surface area contributed by atoms with E-state index in [2.05, 4.69) is 9.98 Å². The normalized spacial score (nSPS) is 17.3. The van der Waals surface area contributed by atoms with E-state index in [9.17, 15) is 26.3 Å². The van der Waals surface area contributed by atoms with Crippen molar-refractivity contribution < 1.29 is 26.3 Å². The molecule has 0 amide bonds. The first-order valence-electron chi connectivity index (χ1n) is 8.30. The minimum absolute atomic E-state index is 0.151. The van der Waals surface area contributed by atoms with Crippen LogP contribution in [0.2, 0.25) is 0 Å². The highest BCUT2D eigenvalue weighted by Crippen LogP contribution is 2.49. The number of alkyl halides is 6. The second-order valence-corrected chi connectivity index (χ2v) is 6.98. The monoisotopic (exact) mass is 419 g/mol. The summed E-state index contributed by atoms with van der Waals surface area (Å²) in [7, 11) is 0. The molecule has 150 valence electrons. The third-order valence-electron chi connectivity index (χ3n) is 4.06. The molecular formula is C18H15F6N3S. The second-order valence-electron chi connectivity index (χ2n) is 6.03. The molecule has 2 heterocycles. The number of rotatable bonds is 4. The molecule has 1 aliphatic rings. The van der Waals surface area contributed by atoms with Gasteiger partial charge in [-0.2, -0.15) is 26.3 Å². The zero-order chi connectivity index (χ0) is 20.6. The van der Waals surface area contributed by atoms with Gasteiger partial charge in [-0.1, -0.05) is 43.3 Å². The van der Waals surface area contributed by atoms with Crippen LogP contribution in [0.4, 0.5) is 26.3 Å². The molecule has 10 heteroatoms. The topological polar surface area (TPSA) is 28.0 Å². The number of halogens is 6. The van der Waals surface area contributed by atoms with E-state index in [0.717, 1.165) is 11.3 Å². The van der Waals surface area contributed by atoms with E-state index in [1.807, 2.05) is 0 Å². The van der Waals surface area contributed by atoms with E-state index in [0.29, 0.717) is 6.42 Å². The molecule has 0 unspecified atom stereocenters. The number of nitrogens with zero attached hydrogens (tertiary/aromatic N) is 3. The molecule has 0 radical (unpaired) electrons. The molecule has 0 atom stereocenters. The van der Waals surface area contributed by atoms with E-state index in [-0.39, 0.29) is 22.8 Å². The second kappa shape index (κ2) is 7.23. The Morgan fingerprint density at radius 1 is 0.893 bits per heavy atom. The first-order chi connectivity index (χ1) is 13.1. The SMILES string of the molecule is CCCN1C(c2ccccc2)=NC(C(F)(F)F)(C(F)(F)F)N=C1c1cccs1. The van der Waals surface area contributed by atoms with Crippen molar-refractivity contribution in [3.05, 3.63) is 58.3 Å². The average Bonchev–Trinajstić information content (AvgIpc) is 3.15. The maximum Gasteiger partial charge on any atom is 0.443 e. The summed E-state index contributed by atoms with van der Waals surface area (Å²) in [4.78, 5) is 7.91. The Labute approximate surface area is 161 Å². The van der Waals surface area contributed by atoms with Crippen LogP contribution in [-0.2, 0) is 0 Å². The summed E-state index contributed by atoms with van der Waals surface area (Å²) >= 11 is 1.02. The standard InChI is InChI=1S/C18H15F6N3S/c1-2-10-27-14(12-7-4-3-5-8-12)25-16(17(19,20)21,18(22,23)24)26-15(27)13-9-6-11-28-13/h3-9,11H,2,10H2,1H3. The van der Waals surface area contributed by atoms with Crippen LogP contribution in [0.25, 0.3) is 0 Å². The van der Waals surface area contributed by atoms with Crippen molar-refractivity contribution in [2.24, 2.45) is 9.98 Å².